The van der Waals surface area contributed by atoms with Crippen LogP contribution in [0, 0.1) is 17.7 Å². The normalized spacial score (nSPS) is 28.0. The van der Waals surface area contributed by atoms with Crippen LogP contribution in [0.15, 0.2) is 24.3 Å². The van der Waals surface area contributed by atoms with Gasteiger partial charge in [-0.2, -0.15) is 0 Å². The smallest absolute Gasteiger partial charge is 0.317 e. The van der Waals surface area contributed by atoms with Gasteiger partial charge in [0.1, 0.15) is 5.82 Å². The summed E-state index contributed by atoms with van der Waals surface area (Å²) in [6.45, 7) is 3.39. The van der Waals surface area contributed by atoms with Gasteiger partial charge in [-0.05, 0) is 36.8 Å². The number of carbonyl (C=O) groups is 1. The minimum absolute atomic E-state index is 0.109. The Labute approximate surface area is 130 Å². The molecule has 1 aromatic rings. The molecule has 2 aliphatic rings. The lowest BCUT2D eigenvalue weighted by atomic mass is 9.88. The van der Waals surface area contributed by atoms with E-state index in [-0.39, 0.29) is 17.8 Å². The van der Waals surface area contributed by atoms with Crippen LogP contribution in [0.3, 0.4) is 0 Å². The molecule has 1 heterocycles. The first kappa shape index (κ1) is 15.3. The van der Waals surface area contributed by atoms with Gasteiger partial charge in [-0.1, -0.05) is 25.1 Å². The maximum Gasteiger partial charge on any atom is 0.317 e. The molecule has 0 unspecified atom stereocenters. The maximum atomic E-state index is 13.5. The molecule has 0 radical (unpaired) electrons. The zero-order valence-electron chi connectivity index (χ0n) is 12.9. The molecule has 2 fully saturated rings. The van der Waals surface area contributed by atoms with Gasteiger partial charge in [-0.15, -0.1) is 0 Å². The molecular weight excluding hydrogens is 283 g/mol. The Hall–Kier alpha value is -1.62. The molecule has 1 aliphatic carbocycles. The number of nitrogens with zero attached hydrogens (tertiary/aromatic N) is 1. The number of rotatable bonds is 4. The number of nitrogens with one attached hydrogen (secondary N) is 1. The second-order valence-electron chi connectivity index (χ2n) is 6.62. The summed E-state index contributed by atoms with van der Waals surface area (Å²) in [5.74, 6) is 0.214. The van der Waals surface area contributed by atoms with Crippen molar-refractivity contribution in [2.24, 2.45) is 11.8 Å². The van der Waals surface area contributed by atoms with Gasteiger partial charge in [0, 0.05) is 19.0 Å². The number of carbonyl (C=O) groups excluding carboxylic acids is 1. The fourth-order valence-corrected chi connectivity index (χ4v) is 3.40. The molecule has 1 saturated heterocycles. The van der Waals surface area contributed by atoms with Gasteiger partial charge in [-0.25, -0.2) is 9.18 Å². The number of β-amino-alcohol motifs (C(OH)–C–C–N with tert-alkyl or cyclic N) is 1. The molecule has 3 rings (SSSR count). The molecule has 2 N–H and O–H groups in total. The number of aliphatic hydroxyl groups is 1. The van der Waals surface area contributed by atoms with Gasteiger partial charge < -0.3 is 15.3 Å². The van der Waals surface area contributed by atoms with Crippen LogP contribution in [0.2, 0.25) is 0 Å². The Morgan fingerprint density at radius 1 is 1.45 bits per heavy atom. The van der Waals surface area contributed by atoms with Crippen molar-refractivity contribution in [3.05, 3.63) is 35.6 Å². The zero-order chi connectivity index (χ0) is 15.7. The van der Waals surface area contributed by atoms with Crippen LogP contribution in [-0.2, 0) is 6.42 Å². The summed E-state index contributed by atoms with van der Waals surface area (Å²) in [5, 5.41) is 13.5. The monoisotopic (exact) mass is 306 g/mol. The lowest BCUT2D eigenvalue weighted by Gasteiger charge is -2.26. The molecule has 0 aromatic heterocycles. The predicted molar refractivity (Wildman–Crippen MR) is 81.9 cm³/mol. The van der Waals surface area contributed by atoms with Crippen molar-refractivity contribution in [2.45, 2.75) is 31.8 Å². The molecule has 2 amide bonds. The first-order valence-corrected chi connectivity index (χ1v) is 7.99. The molecule has 0 spiro atoms. The van der Waals surface area contributed by atoms with Crippen LogP contribution in [0.4, 0.5) is 9.18 Å². The summed E-state index contributed by atoms with van der Waals surface area (Å²) in [6.07, 6.45) is 2.59. The van der Waals surface area contributed by atoms with E-state index in [1.807, 2.05) is 6.92 Å². The molecule has 1 saturated carbocycles. The van der Waals surface area contributed by atoms with E-state index < -0.39 is 5.60 Å². The van der Waals surface area contributed by atoms with E-state index in [0.717, 1.165) is 12.8 Å². The van der Waals surface area contributed by atoms with Crippen LogP contribution in [0.5, 0.6) is 0 Å². The summed E-state index contributed by atoms with van der Waals surface area (Å²) in [5.41, 5.74) is -0.116. The van der Waals surface area contributed by atoms with Crippen molar-refractivity contribution < 1.29 is 14.3 Å². The van der Waals surface area contributed by atoms with E-state index >= 15 is 0 Å². The highest BCUT2D eigenvalue weighted by Gasteiger charge is 2.53. The molecular formula is C17H23FN2O2. The number of urea groups is 1. The van der Waals surface area contributed by atoms with E-state index in [0.29, 0.717) is 37.5 Å². The highest BCUT2D eigenvalue weighted by molar-refractivity contribution is 5.74. The fraction of sp³-hybridized carbons (Fsp3) is 0.588. The zero-order valence-corrected chi connectivity index (χ0v) is 12.9. The Balaban J connectivity index is 1.50. The Morgan fingerprint density at radius 2 is 2.18 bits per heavy atom. The topological polar surface area (TPSA) is 52.6 Å². The van der Waals surface area contributed by atoms with Gasteiger partial charge in [0.2, 0.25) is 0 Å². The Kier molecular flexibility index (Phi) is 4.08. The van der Waals surface area contributed by atoms with Crippen LogP contribution in [0.1, 0.15) is 25.3 Å². The quantitative estimate of drug-likeness (QED) is 0.896. The largest absolute Gasteiger partial charge is 0.387 e. The molecule has 120 valence electrons. The van der Waals surface area contributed by atoms with Crippen molar-refractivity contribution in [2.75, 3.05) is 19.6 Å². The van der Waals surface area contributed by atoms with Crippen molar-refractivity contribution in [1.29, 1.82) is 0 Å². The lowest BCUT2D eigenvalue weighted by molar-refractivity contribution is -0.00235. The molecule has 2 atom stereocenters. The summed E-state index contributed by atoms with van der Waals surface area (Å²) in [6, 6.07) is 6.43. The van der Waals surface area contributed by atoms with Crippen molar-refractivity contribution in [3.8, 4) is 0 Å². The highest BCUT2D eigenvalue weighted by Crippen LogP contribution is 2.46. The second kappa shape index (κ2) is 5.88. The highest BCUT2D eigenvalue weighted by atomic mass is 19.1. The first-order valence-electron chi connectivity index (χ1n) is 7.99. The van der Waals surface area contributed by atoms with Crippen LogP contribution in [-0.4, -0.2) is 41.3 Å². The van der Waals surface area contributed by atoms with Crippen LogP contribution >= 0.6 is 0 Å². The van der Waals surface area contributed by atoms with E-state index in [9.17, 15) is 14.3 Å². The Bertz CT molecular complexity index is 561. The number of likely N-dealkylation sites (tertiary alicyclic amines) is 1. The first-order chi connectivity index (χ1) is 10.5. The summed E-state index contributed by atoms with van der Waals surface area (Å²) < 4.78 is 13.5. The van der Waals surface area contributed by atoms with Crippen LogP contribution < -0.4 is 5.32 Å². The standard InChI is InChI=1S/C17H23FN2O2/c1-12-10-20(11-17(12,22)14-6-7-14)16(21)19-9-8-13-4-2-3-5-15(13)18/h2-5,12,14,22H,6-11H2,1H3,(H,19,21)/t12-,17+/m1/s1. The summed E-state index contributed by atoms with van der Waals surface area (Å²) in [7, 11) is 0. The number of benzene rings is 1. The van der Waals surface area contributed by atoms with Crippen molar-refractivity contribution in [1.82, 2.24) is 10.2 Å². The van der Waals surface area contributed by atoms with Gasteiger partial charge >= 0.3 is 6.03 Å². The Morgan fingerprint density at radius 3 is 2.86 bits per heavy atom. The molecule has 0 bridgehead atoms. The average Bonchev–Trinajstić information content (AvgIpc) is 3.29. The third-order valence-electron chi connectivity index (χ3n) is 4.99. The van der Waals surface area contributed by atoms with Gasteiger partial charge in [0.05, 0.1) is 12.1 Å². The van der Waals surface area contributed by atoms with E-state index in [2.05, 4.69) is 5.32 Å². The number of amides is 2. The van der Waals surface area contributed by atoms with Gasteiger partial charge in [-0.3, -0.25) is 0 Å². The molecule has 1 aromatic carbocycles. The number of halogens is 1. The van der Waals surface area contributed by atoms with E-state index in [1.165, 1.54) is 6.07 Å². The SMILES string of the molecule is C[C@@H]1CN(C(=O)NCCc2ccccc2F)C[C@@]1(O)C1CC1. The maximum absolute atomic E-state index is 13.5. The van der Waals surface area contributed by atoms with Crippen LogP contribution in [0.25, 0.3) is 0 Å². The van der Waals surface area contributed by atoms with Crippen molar-refractivity contribution in [3.63, 3.8) is 0 Å². The number of hydrogen-bond donors (Lipinski definition) is 2. The van der Waals surface area contributed by atoms with Gasteiger partial charge in [0.15, 0.2) is 0 Å². The molecule has 5 heteroatoms. The molecule has 4 nitrogen and oxygen atoms in total. The molecule has 1 aliphatic heterocycles. The lowest BCUT2D eigenvalue weighted by Crippen LogP contribution is -2.43. The van der Waals surface area contributed by atoms with E-state index in [4.69, 9.17) is 0 Å². The predicted octanol–water partition coefficient (Wildman–Crippen LogP) is 2.17. The summed E-state index contributed by atoms with van der Waals surface area (Å²) >= 11 is 0. The van der Waals surface area contributed by atoms with E-state index in [1.54, 1.807) is 23.1 Å². The second-order valence-corrected chi connectivity index (χ2v) is 6.62. The minimum atomic E-state index is -0.719. The van der Waals surface area contributed by atoms with Gasteiger partial charge in [0.25, 0.3) is 0 Å². The third-order valence-corrected chi connectivity index (χ3v) is 4.99. The fourth-order valence-electron chi connectivity index (χ4n) is 3.40. The third kappa shape index (κ3) is 2.95. The molecule has 22 heavy (non-hydrogen) atoms. The van der Waals surface area contributed by atoms with Crippen molar-refractivity contribution >= 4 is 6.03 Å². The minimum Gasteiger partial charge on any atom is -0.387 e. The average molecular weight is 306 g/mol. The summed E-state index contributed by atoms with van der Waals surface area (Å²) in [4.78, 5) is 13.9. The number of hydrogen-bond acceptors (Lipinski definition) is 2.